The molecule has 5 heterocycles. The van der Waals surface area contributed by atoms with Crippen LogP contribution in [0.15, 0.2) is 61.4 Å². The zero-order valence-electron chi connectivity index (χ0n) is 17.8. The summed E-state index contributed by atoms with van der Waals surface area (Å²) in [6.45, 7) is 3.38. The lowest BCUT2D eigenvalue weighted by molar-refractivity contribution is 0.771. The van der Waals surface area contributed by atoms with Crippen molar-refractivity contribution < 1.29 is 0 Å². The number of anilines is 3. The zero-order chi connectivity index (χ0) is 21.9. The summed E-state index contributed by atoms with van der Waals surface area (Å²) in [7, 11) is 1.88. The lowest BCUT2D eigenvalue weighted by Gasteiger charge is -2.10. The number of rotatable bonds is 7. The van der Waals surface area contributed by atoms with E-state index in [1.54, 1.807) is 23.4 Å². The van der Waals surface area contributed by atoms with Gasteiger partial charge in [-0.25, -0.2) is 19.9 Å². The van der Waals surface area contributed by atoms with Gasteiger partial charge in [0.05, 0.1) is 6.33 Å². The fourth-order valence-electron chi connectivity index (χ4n) is 3.32. The van der Waals surface area contributed by atoms with Crippen molar-refractivity contribution >= 4 is 28.6 Å². The minimum atomic E-state index is 0.550. The van der Waals surface area contributed by atoms with Gasteiger partial charge in [-0.1, -0.05) is 6.07 Å². The first-order valence-corrected chi connectivity index (χ1v) is 10.3. The highest BCUT2D eigenvalue weighted by molar-refractivity contribution is 5.85. The SMILES string of the molecule is CCn1cnc2c(NCc3ccc(Nc4ccn(C)n4)nc3)nc(-c3cccnc3)nc21. The number of fused-ring (bicyclic) bond motifs is 1. The predicted octanol–water partition coefficient (Wildman–Crippen LogP) is 3.39. The van der Waals surface area contributed by atoms with Crippen LogP contribution in [0.1, 0.15) is 12.5 Å². The third-order valence-electron chi connectivity index (χ3n) is 4.98. The van der Waals surface area contributed by atoms with Gasteiger partial charge in [-0.15, -0.1) is 0 Å². The van der Waals surface area contributed by atoms with Gasteiger partial charge in [0.2, 0.25) is 0 Å². The highest BCUT2D eigenvalue weighted by Gasteiger charge is 2.14. The van der Waals surface area contributed by atoms with Crippen molar-refractivity contribution in [2.75, 3.05) is 10.6 Å². The van der Waals surface area contributed by atoms with Crippen molar-refractivity contribution in [2.45, 2.75) is 20.0 Å². The monoisotopic (exact) mass is 426 g/mol. The van der Waals surface area contributed by atoms with Gasteiger partial charge in [0.1, 0.15) is 11.3 Å². The molecule has 0 bridgehead atoms. The maximum Gasteiger partial charge on any atom is 0.166 e. The second-order valence-corrected chi connectivity index (χ2v) is 7.25. The lowest BCUT2D eigenvalue weighted by atomic mass is 10.2. The van der Waals surface area contributed by atoms with E-state index in [4.69, 9.17) is 9.97 Å². The number of imidazole rings is 1. The molecule has 0 aliphatic carbocycles. The summed E-state index contributed by atoms with van der Waals surface area (Å²) >= 11 is 0. The molecule has 10 heteroatoms. The van der Waals surface area contributed by atoms with Gasteiger partial charge >= 0.3 is 0 Å². The average Bonchev–Trinajstić information content (AvgIpc) is 3.44. The molecular weight excluding hydrogens is 404 g/mol. The number of hydrogen-bond donors (Lipinski definition) is 2. The van der Waals surface area contributed by atoms with E-state index in [9.17, 15) is 0 Å². The van der Waals surface area contributed by atoms with Gasteiger partial charge in [-0.3, -0.25) is 9.67 Å². The molecule has 0 aromatic carbocycles. The number of aromatic nitrogens is 8. The first-order valence-electron chi connectivity index (χ1n) is 10.3. The van der Waals surface area contributed by atoms with Crippen LogP contribution >= 0.6 is 0 Å². The third-order valence-corrected chi connectivity index (χ3v) is 4.98. The van der Waals surface area contributed by atoms with E-state index in [1.807, 2.05) is 54.3 Å². The van der Waals surface area contributed by atoms with E-state index < -0.39 is 0 Å². The summed E-state index contributed by atoms with van der Waals surface area (Å²) in [6.07, 6.45) is 8.98. The van der Waals surface area contributed by atoms with E-state index in [2.05, 4.69) is 37.6 Å². The fourth-order valence-corrected chi connectivity index (χ4v) is 3.32. The lowest BCUT2D eigenvalue weighted by Crippen LogP contribution is -2.06. The van der Waals surface area contributed by atoms with Gasteiger partial charge in [-0.2, -0.15) is 5.10 Å². The molecule has 0 fully saturated rings. The number of nitrogens with zero attached hydrogens (tertiary/aromatic N) is 8. The quantitative estimate of drug-likeness (QED) is 0.407. The molecular formula is C22H22N10. The first kappa shape index (κ1) is 19.6. The minimum Gasteiger partial charge on any atom is -0.364 e. The molecule has 0 spiro atoms. The Bertz CT molecular complexity index is 1340. The van der Waals surface area contributed by atoms with Gasteiger partial charge < -0.3 is 15.2 Å². The van der Waals surface area contributed by atoms with Gasteiger partial charge in [0, 0.05) is 56.6 Å². The maximum absolute atomic E-state index is 4.73. The second kappa shape index (κ2) is 8.42. The molecule has 0 unspecified atom stereocenters. The van der Waals surface area contributed by atoms with E-state index in [0.29, 0.717) is 18.2 Å². The Balaban J connectivity index is 1.38. The van der Waals surface area contributed by atoms with Crippen molar-refractivity contribution in [3.63, 3.8) is 0 Å². The summed E-state index contributed by atoms with van der Waals surface area (Å²) in [5.74, 6) is 2.77. The average molecular weight is 426 g/mol. The second-order valence-electron chi connectivity index (χ2n) is 7.25. The van der Waals surface area contributed by atoms with Crippen molar-refractivity contribution in [2.24, 2.45) is 7.05 Å². The normalized spacial score (nSPS) is 11.1. The molecule has 5 aromatic heterocycles. The van der Waals surface area contributed by atoms with Crippen LogP contribution < -0.4 is 10.6 Å². The van der Waals surface area contributed by atoms with Crippen molar-refractivity contribution in [1.29, 1.82) is 0 Å². The van der Waals surface area contributed by atoms with Crippen LogP contribution in [-0.2, 0) is 20.1 Å². The Morgan fingerprint density at radius 1 is 1.00 bits per heavy atom. The van der Waals surface area contributed by atoms with Crippen molar-refractivity contribution in [3.05, 3.63) is 67.0 Å². The molecule has 10 nitrogen and oxygen atoms in total. The smallest absolute Gasteiger partial charge is 0.166 e. The van der Waals surface area contributed by atoms with Gasteiger partial charge in [-0.05, 0) is 30.7 Å². The Labute approximate surface area is 184 Å². The number of hydrogen-bond acceptors (Lipinski definition) is 8. The largest absolute Gasteiger partial charge is 0.364 e. The number of aryl methyl sites for hydroxylation is 2. The van der Waals surface area contributed by atoms with E-state index in [-0.39, 0.29) is 0 Å². The summed E-state index contributed by atoms with van der Waals surface area (Å²) in [4.78, 5) is 22.6. The molecule has 32 heavy (non-hydrogen) atoms. The molecule has 160 valence electrons. The summed E-state index contributed by atoms with van der Waals surface area (Å²) in [5.41, 5.74) is 3.40. The Hall–Kier alpha value is -4.34. The van der Waals surface area contributed by atoms with Crippen LogP contribution in [0.3, 0.4) is 0 Å². The van der Waals surface area contributed by atoms with Gasteiger partial charge in [0.25, 0.3) is 0 Å². The first-order chi connectivity index (χ1) is 15.7. The Kier molecular flexibility index (Phi) is 5.16. The highest BCUT2D eigenvalue weighted by Crippen LogP contribution is 2.24. The number of pyridine rings is 2. The van der Waals surface area contributed by atoms with Crippen LogP contribution in [0.4, 0.5) is 17.5 Å². The molecule has 2 N–H and O–H groups in total. The van der Waals surface area contributed by atoms with Crippen LogP contribution in [-0.4, -0.2) is 39.3 Å². The summed E-state index contributed by atoms with van der Waals surface area (Å²) < 4.78 is 3.74. The molecule has 0 aliphatic rings. The molecule has 5 aromatic rings. The molecule has 0 amide bonds. The van der Waals surface area contributed by atoms with Crippen LogP contribution in [0, 0.1) is 0 Å². The van der Waals surface area contributed by atoms with Crippen LogP contribution in [0.5, 0.6) is 0 Å². The van der Waals surface area contributed by atoms with Crippen molar-refractivity contribution in [1.82, 2.24) is 39.3 Å². The van der Waals surface area contributed by atoms with E-state index >= 15 is 0 Å². The highest BCUT2D eigenvalue weighted by atomic mass is 15.3. The van der Waals surface area contributed by atoms with E-state index in [0.717, 1.165) is 40.5 Å². The van der Waals surface area contributed by atoms with Crippen LogP contribution in [0.25, 0.3) is 22.6 Å². The summed E-state index contributed by atoms with van der Waals surface area (Å²) in [6, 6.07) is 9.65. The predicted molar refractivity (Wildman–Crippen MR) is 122 cm³/mol. The number of nitrogens with one attached hydrogen (secondary N) is 2. The Morgan fingerprint density at radius 2 is 1.94 bits per heavy atom. The molecule has 0 aliphatic heterocycles. The topological polar surface area (TPSA) is 111 Å². The molecule has 0 atom stereocenters. The molecule has 0 saturated heterocycles. The summed E-state index contributed by atoms with van der Waals surface area (Å²) in [5, 5.41) is 10.9. The Morgan fingerprint density at radius 3 is 2.66 bits per heavy atom. The zero-order valence-corrected chi connectivity index (χ0v) is 17.8. The standard InChI is InChI=1S/C22H22N10/c1-3-32-14-26-19-21(28-20(29-22(19)32)16-5-4-9-23-13-16)25-12-15-6-7-17(24-11-15)27-18-8-10-31(2)30-18/h4-11,13-14H,3,12H2,1-2H3,(H,24,27,30)(H,25,28,29). The van der Waals surface area contributed by atoms with Crippen molar-refractivity contribution in [3.8, 4) is 11.4 Å². The van der Waals surface area contributed by atoms with E-state index in [1.165, 1.54) is 0 Å². The molecule has 5 rings (SSSR count). The minimum absolute atomic E-state index is 0.550. The van der Waals surface area contributed by atoms with Gasteiger partial charge in [0.15, 0.2) is 23.1 Å². The molecule has 0 saturated carbocycles. The third kappa shape index (κ3) is 3.97. The fraction of sp³-hybridized carbons (Fsp3) is 0.182. The van der Waals surface area contributed by atoms with Crippen LogP contribution in [0.2, 0.25) is 0 Å². The maximum atomic E-state index is 4.73. The molecule has 0 radical (unpaired) electrons.